The van der Waals surface area contributed by atoms with Gasteiger partial charge in [-0.2, -0.15) is 0 Å². The van der Waals surface area contributed by atoms with E-state index >= 15 is 0 Å². The molecule has 0 saturated heterocycles. The fourth-order valence-electron chi connectivity index (χ4n) is 1.04. The number of rotatable bonds is 1. The summed E-state index contributed by atoms with van der Waals surface area (Å²) in [6, 6.07) is 3.82. The average Bonchev–Trinajstić information content (AvgIpc) is 2.77. The van der Waals surface area contributed by atoms with Gasteiger partial charge in [0, 0.05) is 12.4 Å². The fraction of sp³-hybridized carbons (Fsp3) is 0. The number of aromatic nitrogens is 1. The van der Waals surface area contributed by atoms with Gasteiger partial charge < -0.3 is 4.98 Å². The Morgan fingerprint density at radius 2 is 2.42 bits per heavy atom. The molecule has 0 aliphatic carbocycles. The van der Waals surface area contributed by atoms with Crippen molar-refractivity contribution in [1.29, 1.82) is 0 Å². The molecule has 0 amide bonds. The van der Waals surface area contributed by atoms with Crippen LogP contribution in [0.1, 0.15) is 5.69 Å². The van der Waals surface area contributed by atoms with E-state index in [-0.39, 0.29) is 0 Å². The van der Waals surface area contributed by atoms with Crippen LogP contribution < -0.4 is 0 Å². The first-order valence-corrected chi connectivity index (χ1v) is 4.00. The Morgan fingerprint density at radius 3 is 3.00 bits per heavy atom. The van der Waals surface area contributed by atoms with Crippen LogP contribution in [0.3, 0.4) is 0 Å². The molecule has 3 heteroatoms. The second-order valence-corrected chi connectivity index (χ2v) is 2.80. The molecule has 0 bridgehead atoms. The molecule has 0 fully saturated rings. The van der Waals surface area contributed by atoms with Crippen LogP contribution in [-0.2, 0) is 0 Å². The highest BCUT2D eigenvalue weighted by atomic mass is 35.5. The molecule has 0 radical (unpaired) electrons. The smallest absolute Gasteiger partial charge is 0.0897 e. The van der Waals surface area contributed by atoms with Crippen molar-refractivity contribution in [2.75, 3.05) is 0 Å². The summed E-state index contributed by atoms with van der Waals surface area (Å²) in [5.41, 5.74) is 1.70. The second-order valence-electron chi connectivity index (χ2n) is 2.42. The van der Waals surface area contributed by atoms with Gasteiger partial charge in [-0.05, 0) is 24.3 Å². The molecule has 0 saturated carbocycles. The molecular formula is C9H7ClN2. The van der Waals surface area contributed by atoms with Crippen molar-refractivity contribution < 1.29 is 0 Å². The quantitative estimate of drug-likeness (QED) is 0.685. The molecule has 0 atom stereocenters. The summed E-state index contributed by atoms with van der Waals surface area (Å²) in [6.45, 7) is 0. The maximum atomic E-state index is 6.04. The lowest BCUT2D eigenvalue weighted by molar-refractivity contribution is 1.35. The monoisotopic (exact) mass is 178 g/mol. The third-order valence-electron chi connectivity index (χ3n) is 1.61. The number of nitrogens with zero attached hydrogens (tertiary/aromatic N) is 1. The highest BCUT2D eigenvalue weighted by molar-refractivity contribution is 6.49. The van der Waals surface area contributed by atoms with Crippen molar-refractivity contribution in [2.45, 2.75) is 0 Å². The molecule has 2 heterocycles. The first-order chi connectivity index (χ1) is 5.88. The van der Waals surface area contributed by atoms with E-state index < -0.39 is 0 Å². The Labute approximate surface area is 75.3 Å². The first-order valence-electron chi connectivity index (χ1n) is 3.62. The van der Waals surface area contributed by atoms with Gasteiger partial charge in [0.15, 0.2) is 0 Å². The third kappa shape index (κ3) is 1.21. The molecule has 2 nitrogen and oxygen atoms in total. The van der Waals surface area contributed by atoms with Crippen molar-refractivity contribution in [3.8, 4) is 0 Å². The van der Waals surface area contributed by atoms with Gasteiger partial charge in [0.1, 0.15) is 0 Å². The molecule has 0 unspecified atom stereocenters. The van der Waals surface area contributed by atoms with Crippen LogP contribution >= 0.6 is 11.6 Å². The van der Waals surface area contributed by atoms with E-state index in [1.54, 1.807) is 6.21 Å². The standard InChI is InChI=1S/C9H7ClN2/c10-9(7-3-1-5-11-7)8-4-2-6-12-8/h1-6,11H/b9-8+. The topological polar surface area (TPSA) is 28.1 Å². The minimum absolute atomic E-state index is 0.657. The lowest BCUT2D eigenvalue weighted by Gasteiger charge is -1.95. The number of hydrogen-bond donors (Lipinski definition) is 1. The van der Waals surface area contributed by atoms with Crippen LogP contribution in [0.2, 0.25) is 0 Å². The molecule has 60 valence electrons. The van der Waals surface area contributed by atoms with E-state index in [9.17, 15) is 0 Å². The molecule has 12 heavy (non-hydrogen) atoms. The zero-order valence-corrected chi connectivity index (χ0v) is 7.05. The zero-order valence-electron chi connectivity index (χ0n) is 6.29. The summed E-state index contributed by atoms with van der Waals surface area (Å²) >= 11 is 6.04. The van der Waals surface area contributed by atoms with Crippen LogP contribution in [0.25, 0.3) is 5.03 Å². The molecule has 1 aromatic rings. The predicted molar refractivity (Wildman–Crippen MR) is 51.2 cm³/mol. The molecule has 0 aromatic carbocycles. The van der Waals surface area contributed by atoms with Crippen LogP contribution in [0, 0.1) is 0 Å². The van der Waals surface area contributed by atoms with Crippen molar-refractivity contribution in [3.05, 3.63) is 41.9 Å². The van der Waals surface area contributed by atoms with E-state index in [4.69, 9.17) is 11.6 Å². The number of halogens is 1. The summed E-state index contributed by atoms with van der Waals surface area (Å²) in [5.74, 6) is 0. The SMILES string of the molecule is Cl/C(=C1\C=CC=N1)c1ccc[nH]1. The molecule has 0 spiro atoms. The fourth-order valence-corrected chi connectivity index (χ4v) is 1.26. The van der Waals surface area contributed by atoms with Crippen molar-refractivity contribution in [2.24, 2.45) is 4.99 Å². The highest BCUT2D eigenvalue weighted by Gasteiger charge is 2.05. The van der Waals surface area contributed by atoms with E-state index in [0.29, 0.717) is 5.03 Å². The Kier molecular flexibility index (Phi) is 1.84. The normalized spacial score (nSPS) is 18.8. The van der Waals surface area contributed by atoms with E-state index in [2.05, 4.69) is 9.98 Å². The van der Waals surface area contributed by atoms with Gasteiger partial charge in [0.05, 0.1) is 16.4 Å². The van der Waals surface area contributed by atoms with Crippen LogP contribution in [0.5, 0.6) is 0 Å². The minimum Gasteiger partial charge on any atom is -0.360 e. The van der Waals surface area contributed by atoms with E-state index in [1.165, 1.54) is 0 Å². The Hall–Kier alpha value is -1.28. The summed E-state index contributed by atoms with van der Waals surface area (Å²) in [4.78, 5) is 7.10. The van der Waals surface area contributed by atoms with Gasteiger partial charge >= 0.3 is 0 Å². The number of H-pyrrole nitrogens is 1. The number of nitrogens with one attached hydrogen (secondary N) is 1. The van der Waals surface area contributed by atoms with Crippen LogP contribution in [0.15, 0.2) is 41.2 Å². The van der Waals surface area contributed by atoms with Crippen molar-refractivity contribution in [1.82, 2.24) is 4.98 Å². The van der Waals surface area contributed by atoms with Crippen molar-refractivity contribution >= 4 is 22.8 Å². The summed E-state index contributed by atoms with van der Waals surface area (Å²) in [6.07, 6.45) is 7.30. The lowest BCUT2D eigenvalue weighted by Crippen LogP contribution is -1.78. The molecule has 1 N–H and O–H groups in total. The van der Waals surface area contributed by atoms with Crippen LogP contribution in [-0.4, -0.2) is 11.2 Å². The molecule has 1 aliphatic heterocycles. The lowest BCUT2D eigenvalue weighted by atomic mass is 10.3. The average molecular weight is 179 g/mol. The largest absolute Gasteiger partial charge is 0.360 e. The zero-order chi connectivity index (χ0) is 8.39. The van der Waals surface area contributed by atoms with Crippen molar-refractivity contribution in [3.63, 3.8) is 0 Å². The number of hydrogen-bond acceptors (Lipinski definition) is 1. The molecule has 2 rings (SSSR count). The molecule has 1 aromatic heterocycles. The predicted octanol–water partition coefficient (Wildman–Crippen LogP) is 2.56. The maximum absolute atomic E-state index is 6.04. The van der Waals surface area contributed by atoms with E-state index in [1.807, 2.05) is 30.5 Å². The van der Waals surface area contributed by atoms with Crippen LogP contribution in [0.4, 0.5) is 0 Å². The molecule has 1 aliphatic rings. The van der Waals surface area contributed by atoms with Gasteiger partial charge in [-0.3, -0.25) is 4.99 Å². The number of aromatic amines is 1. The number of allylic oxidation sites excluding steroid dienone is 2. The second kappa shape index (κ2) is 2.99. The maximum Gasteiger partial charge on any atom is 0.0897 e. The summed E-state index contributed by atoms with van der Waals surface area (Å²) < 4.78 is 0. The third-order valence-corrected chi connectivity index (χ3v) is 2.01. The molecular weight excluding hydrogens is 172 g/mol. The van der Waals surface area contributed by atoms with Gasteiger partial charge in [-0.25, -0.2) is 0 Å². The number of aliphatic imine (C=N–C) groups is 1. The van der Waals surface area contributed by atoms with Gasteiger partial charge in [0.2, 0.25) is 0 Å². The van der Waals surface area contributed by atoms with E-state index in [0.717, 1.165) is 11.4 Å². The first kappa shape index (κ1) is 7.37. The minimum atomic E-state index is 0.657. The Bertz CT molecular complexity index is 344. The summed E-state index contributed by atoms with van der Waals surface area (Å²) in [5, 5.41) is 0.657. The van der Waals surface area contributed by atoms with Gasteiger partial charge in [-0.1, -0.05) is 11.6 Å². The van der Waals surface area contributed by atoms with Gasteiger partial charge in [-0.15, -0.1) is 0 Å². The Balaban J connectivity index is 2.42. The Morgan fingerprint density at radius 1 is 1.50 bits per heavy atom. The van der Waals surface area contributed by atoms with Gasteiger partial charge in [0.25, 0.3) is 0 Å². The highest BCUT2D eigenvalue weighted by Crippen LogP contribution is 2.24. The summed E-state index contributed by atoms with van der Waals surface area (Å²) in [7, 11) is 0.